The number of aryl methyl sites for hydroxylation is 2. The molecule has 0 aliphatic rings. The molecule has 27 heavy (non-hydrogen) atoms. The molecule has 0 atom stereocenters. The first-order valence-corrected chi connectivity index (χ1v) is 9.63. The summed E-state index contributed by atoms with van der Waals surface area (Å²) in [6.45, 7) is 6.71. The van der Waals surface area contributed by atoms with Crippen molar-refractivity contribution >= 4 is 10.8 Å². The van der Waals surface area contributed by atoms with Crippen LogP contribution in [0.25, 0.3) is 33.2 Å². The van der Waals surface area contributed by atoms with Crippen molar-refractivity contribution in [1.82, 2.24) is 0 Å². The number of aromatic nitrogens is 1. The predicted molar refractivity (Wildman–Crippen MR) is 115 cm³/mol. The molecule has 0 aliphatic carbocycles. The summed E-state index contributed by atoms with van der Waals surface area (Å²) in [5, 5.41) is 2.61. The zero-order chi connectivity index (χ0) is 19.0. The van der Waals surface area contributed by atoms with Crippen LogP contribution in [0.4, 0.5) is 0 Å². The third-order valence-corrected chi connectivity index (χ3v) is 5.42. The number of nitrogens with zero attached hydrogens (tertiary/aromatic N) is 1. The molecule has 3 aromatic carbocycles. The first-order valence-electron chi connectivity index (χ1n) is 9.63. The highest BCUT2D eigenvalue weighted by atomic mass is 14.9. The van der Waals surface area contributed by atoms with Crippen LogP contribution in [-0.2, 0) is 7.05 Å². The fraction of sp³-hybridized carbons (Fsp3) is 0.192. The average molecular weight is 353 g/mol. The normalized spacial score (nSPS) is 11.3. The molecular weight excluding hydrogens is 326 g/mol. The molecule has 0 saturated carbocycles. The predicted octanol–water partition coefficient (Wildman–Crippen LogP) is 6.43. The molecule has 0 radical (unpaired) electrons. The van der Waals surface area contributed by atoms with E-state index in [1.165, 1.54) is 44.3 Å². The minimum atomic E-state index is 0.540. The Hall–Kier alpha value is -2.93. The summed E-state index contributed by atoms with van der Waals surface area (Å²) in [6.07, 6.45) is 2.17. The molecule has 0 unspecified atom stereocenters. The Bertz CT molecular complexity index is 1110. The monoisotopic (exact) mass is 352 g/mol. The van der Waals surface area contributed by atoms with Gasteiger partial charge in [-0.1, -0.05) is 68.4 Å². The third kappa shape index (κ3) is 3.26. The minimum absolute atomic E-state index is 0.540. The van der Waals surface area contributed by atoms with E-state index in [4.69, 9.17) is 0 Å². The van der Waals surface area contributed by atoms with Crippen molar-refractivity contribution in [2.24, 2.45) is 7.05 Å². The Morgan fingerprint density at radius 1 is 0.778 bits per heavy atom. The summed E-state index contributed by atoms with van der Waals surface area (Å²) in [5.74, 6) is 0.540. The van der Waals surface area contributed by atoms with Crippen LogP contribution in [0.1, 0.15) is 30.9 Å². The molecule has 0 aliphatic heterocycles. The molecule has 4 aromatic rings. The van der Waals surface area contributed by atoms with E-state index < -0.39 is 0 Å². The molecule has 0 bridgehead atoms. The molecule has 0 saturated heterocycles. The van der Waals surface area contributed by atoms with Crippen LogP contribution in [0.2, 0.25) is 0 Å². The second-order valence-electron chi connectivity index (χ2n) is 7.67. The number of hydrogen-bond donors (Lipinski definition) is 0. The molecule has 0 fully saturated rings. The Morgan fingerprint density at radius 3 is 2.26 bits per heavy atom. The molecular formula is C26H26N+. The molecule has 0 N–H and O–H groups in total. The quantitative estimate of drug-likeness (QED) is 0.374. The van der Waals surface area contributed by atoms with Gasteiger partial charge in [0.25, 0.3) is 0 Å². The van der Waals surface area contributed by atoms with Crippen LogP contribution in [-0.4, -0.2) is 0 Å². The van der Waals surface area contributed by atoms with Gasteiger partial charge >= 0.3 is 0 Å². The van der Waals surface area contributed by atoms with Gasteiger partial charge in [-0.25, -0.2) is 4.57 Å². The summed E-state index contributed by atoms with van der Waals surface area (Å²) in [6, 6.07) is 26.5. The number of hydrogen-bond acceptors (Lipinski definition) is 0. The number of fused-ring (bicyclic) bond motifs is 1. The van der Waals surface area contributed by atoms with Crippen LogP contribution in [0, 0.1) is 6.92 Å². The lowest BCUT2D eigenvalue weighted by Crippen LogP contribution is -2.30. The number of rotatable bonds is 3. The molecule has 1 nitrogen and oxygen atoms in total. The van der Waals surface area contributed by atoms with Crippen molar-refractivity contribution in [2.75, 3.05) is 0 Å². The second-order valence-corrected chi connectivity index (χ2v) is 7.67. The Kier molecular flexibility index (Phi) is 4.53. The lowest BCUT2D eigenvalue weighted by molar-refractivity contribution is -0.659. The van der Waals surface area contributed by atoms with Crippen molar-refractivity contribution in [3.63, 3.8) is 0 Å². The van der Waals surface area contributed by atoms with Gasteiger partial charge < -0.3 is 0 Å². The van der Waals surface area contributed by atoms with Crippen molar-refractivity contribution in [3.8, 4) is 22.4 Å². The average Bonchev–Trinajstić information content (AvgIpc) is 2.68. The van der Waals surface area contributed by atoms with Gasteiger partial charge in [0.05, 0.1) is 5.39 Å². The van der Waals surface area contributed by atoms with Crippen molar-refractivity contribution in [2.45, 2.75) is 26.7 Å². The van der Waals surface area contributed by atoms with Crippen LogP contribution >= 0.6 is 0 Å². The van der Waals surface area contributed by atoms with Crippen LogP contribution in [0.3, 0.4) is 0 Å². The molecule has 0 spiro atoms. The molecule has 134 valence electrons. The van der Waals surface area contributed by atoms with Crippen LogP contribution < -0.4 is 4.57 Å². The van der Waals surface area contributed by atoms with Gasteiger partial charge in [0.15, 0.2) is 6.20 Å². The van der Waals surface area contributed by atoms with Gasteiger partial charge in [-0.15, -0.1) is 0 Å². The number of benzene rings is 3. The van der Waals surface area contributed by atoms with Crippen LogP contribution in [0.5, 0.6) is 0 Å². The zero-order valence-corrected chi connectivity index (χ0v) is 16.5. The highest BCUT2D eigenvalue weighted by Gasteiger charge is 2.18. The highest BCUT2D eigenvalue weighted by molar-refractivity contribution is 5.94. The standard InChI is InChI=1S/C26H26N/c1-18(2)21-10-13-25-23(17-21)14-15-27(4)26(25)24-12-11-22(16-19(24)3)20-8-6-5-7-9-20/h5-18H,1-4H3/q+1. The topological polar surface area (TPSA) is 3.88 Å². The smallest absolute Gasteiger partial charge is 0.200 e. The lowest BCUT2D eigenvalue weighted by Gasteiger charge is -2.12. The Morgan fingerprint density at radius 2 is 1.56 bits per heavy atom. The molecule has 4 rings (SSSR count). The van der Waals surface area contributed by atoms with E-state index in [2.05, 4.69) is 111 Å². The Balaban J connectivity index is 1.88. The Labute approximate surface area is 161 Å². The van der Waals surface area contributed by atoms with E-state index >= 15 is 0 Å². The van der Waals surface area contributed by atoms with Gasteiger partial charge in [0.2, 0.25) is 5.69 Å². The van der Waals surface area contributed by atoms with Gasteiger partial charge in [-0.2, -0.15) is 0 Å². The molecule has 0 amide bonds. The fourth-order valence-electron chi connectivity index (χ4n) is 3.83. The number of pyridine rings is 1. The van der Waals surface area contributed by atoms with Crippen molar-refractivity contribution in [3.05, 3.63) is 90.1 Å². The summed E-state index contributed by atoms with van der Waals surface area (Å²) in [4.78, 5) is 0. The van der Waals surface area contributed by atoms with E-state index in [9.17, 15) is 0 Å². The summed E-state index contributed by atoms with van der Waals surface area (Å²) in [7, 11) is 2.13. The SMILES string of the molecule is Cc1cc(-c2ccccc2)ccc1-c1c2ccc(C(C)C)cc2cc[n+]1C. The van der Waals surface area contributed by atoms with Gasteiger partial charge in [-0.05, 0) is 52.6 Å². The minimum Gasteiger partial charge on any atom is -0.200 e. The summed E-state index contributed by atoms with van der Waals surface area (Å²) >= 11 is 0. The maximum atomic E-state index is 2.33. The van der Waals surface area contributed by atoms with Crippen LogP contribution in [0.15, 0.2) is 79.0 Å². The molecule has 1 heterocycles. The van der Waals surface area contributed by atoms with E-state index in [-0.39, 0.29) is 0 Å². The summed E-state index contributed by atoms with van der Waals surface area (Å²) in [5.41, 5.74) is 7.78. The first kappa shape index (κ1) is 17.5. The highest BCUT2D eigenvalue weighted by Crippen LogP contribution is 2.32. The zero-order valence-electron chi connectivity index (χ0n) is 16.5. The maximum Gasteiger partial charge on any atom is 0.220 e. The largest absolute Gasteiger partial charge is 0.220 e. The molecule has 1 aromatic heterocycles. The summed E-state index contributed by atoms with van der Waals surface area (Å²) < 4.78 is 2.24. The van der Waals surface area contributed by atoms with Crippen molar-refractivity contribution < 1.29 is 4.57 Å². The second kappa shape index (κ2) is 7.00. The molecule has 1 heteroatoms. The van der Waals surface area contributed by atoms with E-state index in [1.807, 2.05) is 0 Å². The van der Waals surface area contributed by atoms with E-state index in [0.717, 1.165) is 0 Å². The van der Waals surface area contributed by atoms with E-state index in [0.29, 0.717) is 5.92 Å². The third-order valence-electron chi connectivity index (χ3n) is 5.42. The van der Waals surface area contributed by atoms with E-state index in [1.54, 1.807) is 0 Å². The van der Waals surface area contributed by atoms with Gasteiger partial charge in [-0.3, -0.25) is 0 Å². The van der Waals surface area contributed by atoms with Gasteiger partial charge in [0, 0.05) is 11.6 Å². The fourth-order valence-corrected chi connectivity index (χ4v) is 3.83. The maximum absolute atomic E-state index is 2.33. The first-order chi connectivity index (χ1) is 13.0. The lowest BCUT2D eigenvalue weighted by atomic mass is 9.94. The van der Waals surface area contributed by atoms with Crippen molar-refractivity contribution in [1.29, 1.82) is 0 Å². The van der Waals surface area contributed by atoms with Gasteiger partial charge in [0.1, 0.15) is 7.05 Å².